The van der Waals surface area contributed by atoms with Crippen molar-refractivity contribution in [2.24, 2.45) is 0 Å². The molecule has 0 unspecified atom stereocenters. The lowest BCUT2D eigenvalue weighted by Crippen LogP contribution is -2.22. The summed E-state index contributed by atoms with van der Waals surface area (Å²) >= 11 is 5.93. The van der Waals surface area contributed by atoms with E-state index >= 15 is 0 Å². The molecular formula is C18H13ClN4O2. The SMILES string of the molecule is O=C(NCc1cccc(Cl)c1)c1cc(-c2ccc3[nH]ncc3c2)on1. The number of amides is 1. The zero-order valence-corrected chi connectivity index (χ0v) is 13.7. The van der Waals surface area contributed by atoms with Gasteiger partial charge in [-0.3, -0.25) is 9.89 Å². The summed E-state index contributed by atoms with van der Waals surface area (Å²) in [6, 6.07) is 14.6. The molecule has 7 heteroatoms. The first-order valence-electron chi connectivity index (χ1n) is 7.62. The van der Waals surface area contributed by atoms with Crippen molar-refractivity contribution in [2.75, 3.05) is 0 Å². The van der Waals surface area contributed by atoms with Crippen molar-refractivity contribution >= 4 is 28.4 Å². The average molecular weight is 353 g/mol. The predicted octanol–water partition coefficient (Wildman–Crippen LogP) is 3.80. The number of aromatic nitrogens is 3. The third kappa shape index (κ3) is 3.25. The fourth-order valence-electron chi connectivity index (χ4n) is 2.53. The number of carbonyl (C=O) groups is 1. The van der Waals surface area contributed by atoms with Gasteiger partial charge in [0.1, 0.15) is 0 Å². The molecular weight excluding hydrogens is 340 g/mol. The number of nitrogens with zero attached hydrogens (tertiary/aromatic N) is 2. The van der Waals surface area contributed by atoms with E-state index in [4.69, 9.17) is 16.1 Å². The second kappa shape index (κ2) is 6.41. The molecule has 2 aromatic carbocycles. The summed E-state index contributed by atoms with van der Waals surface area (Å²) in [6.45, 7) is 0.364. The second-order valence-electron chi connectivity index (χ2n) is 5.56. The van der Waals surface area contributed by atoms with E-state index < -0.39 is 0 Å². The summed E-state index contributed by atoms with van der Waals surface area (Å²) in [6.07, 6.45) is 1.73. The summed E-state index contributed by atoms with van der Waals surface area (Å²) in [5.41, 5.74) is 2.90. The summed E-state index contributed by atoms with van der Waals surface area (Å²) in [4.78, 5) is 12.2. The largest absolute Gasteiger partial charge is 0.355 e. The number of rotatable bonds is 4. The summed E-state index contributed by atoms with van der Waals surface area (Å²) in [5, 5.41) is 15.1. The van der Waals surface area contributed by atoms with Gasteiger partial charge in [0.15, 0.2) is 11.5 Å². The molecule has 4 aromatic rings. The van der Waals surface area contributed by atoms with E-state index in [-0.39, 0.29) is 11.6 Å². The number of nitrogens with one attached hydrogen (secondary N) is 2. The van der Waals surface area contributed by atoms with E-state index in [1.54, 1.807) is 24.4 Å². The maximum absolute atomic E-state index is 12.2. The number of fused-ring (bicyclic) bond motifs is 1. The minimum atomic E-state index is -0.306. The van der Waals surface area contributed by atoms with Gasteiger partial charge in [0.05, 0.1) is 11.7 Å². The molecule has 2 heterocycles. The van der Waals surface area contributed by atoms with Crippen molar-refractivity contribution in [3.05, 3.63) is 71.0 Å². The highest BCUT2D eigenvalue weighted by molar-refractivity contribution is 6.30. The minimum absolute atomic E-state index is 0.226. The van der Waals surface area contributed by atoms with Crippen LogP contribution < -0.4 is 5.32 Å². The molecule has 0 radical (unpaired) electrons. The quantitative estimate of drug-likeness (QED) is 0.585. The third-order valence-corrected chi connectivity index (χ3v) is 4.04. The van der Waals surface area contributed by atoms with Gasteiger partial charge in [0.25, 0.3) is 5.91 Å². The van der Waals surface area contributed by atoms with Gasteiger partial charge in [-0.15, -0.1) is 0 Å². The van der Waals surface area contributed by atoms with Crippen molar-refractivity contribution in [1.29, 1.82) is 0 Å². The monoisotopic (exact) mass is 352 g/mol. The van der Waals surface area contributed by atoms with E-state index in [1.807, 2.05) is 30.3 Å². The first-order chi connectivity index (χ1) is 12.2. The van der Waals surface area contributed by atoms with Crippen LogP contribution >= 0.6 is 11.6 Å². The zero-order chi connectivity index (χ0) is 17.2. The topological polar surface area (TPSA) is 83.8 Å². The van der Waals surface area contributed by atoms with Crippen LogP contribution in [0.5, 0.6) is 0 Å². The molecule has 0 bridgehead atoms. The van der Waals surface area contributed by atoms with Crippen LogP contribution in [-0.4, -0.2) is 21.3 Å². The molecule has 6 nitrogen and oxygen atoms in total. The van der Waals surface area contributed by atoms with Crippen LogP contribution in [0.15, 0.2) is 59.3 Å². The molecule has 4 rings (SSSR count). The number of benzene rings is 2. The third-order valence-electron chi connectivity index (χ3n) is 3.81. The Balaban J connectivity index is 1.49. The highest BCUT2D eigenvalue weighted by Crippen LogP contribution is 2.24. The van der Waals surface area contributed by atoms with Crippen LogP contribution in [0.4, 0.5) is 0 Å². The van der Waals surface area contributed by atoms with Gasteiger partial charge in [-0.25, -0.2) is 0 Å². The molecule has 25 heavy (non-hydrogen) atoms. The molecule has 0 spiro atoms. The molecule has 0 fully saturated rings. The molecule has 2 aromatic heterocycles. The Kier molecular flexibility index (Phi) is 3.95. The van der Waals surface area contributed by atoms with Crippen LogP contribution in [-0.2, 0) is 6.54 Å². The maximum Gasteiger partial charge on any atom is 0.273 e. The molecule has 0 saturated heterocycles. The molecule has 2 N–H and O–H groups in total. The fraction of sp³-hybridized carbons (Fsp3) is 0.0556. The Morgan fingerprint density at radius 3 is 3.00 bits per heavy atom. The van der Waals surface area contributed by atoms with Gasteiger partial charge in [-0.1, -0.05) is 28.9 Å². The second-order valence-corrected chi connectivity index (χ2v) is 6.00. The predicted molar refractivity (Wildman–Crippen MR) is 94.2 cm³/mol. The Bertz CT molecular complexity index is 1050. The van der Waals surface area contributed by atoms with Crippen LogP contribution in [0.25, 0.3) is 22.2 Å². The summed E-state index contributed by atoms with van der Waals surface area (Å²) < 4.78 is 5.31. The summed E-state index contributed by atoms with van der Waals surface area (Å²) in [7, 11) is 0. The standard InChI is InChI=1S/C18H13ClN4O2/c19-14-3-1-2-11(6-14)9-20-18(24)16-8-17(25-23-16)12-4-5-15-13(7-12)10-21-22-15/h1-8,10H,9H2,(H,20,24)(H,21,22). The molecule has 0 saturated carbocycles. The summed E-state index contributed by atoms with van der Waals surface area (Å²) in [5.74, 6) is 0.218. The number of halogens is 1. The molecule has 0 aliphatic carbocycles. The Hall–Kier alpha value is -3.12. The van der Waals surface area contributed by atoms with Crippen molar-refractivity contribution < 1.29 is 9.32 Å². The van der Waals surface area contributed by atoms with Crippen LogP contribution in [0, 0.1) is 0 Å². The lowest BCUT2D eigenvalue weighted by Gasteiger charge is -2.03. The average Bonchev–Trinajstić information content (AvgIpc) is 3.28. The van der Waals surface area contributed by atoms with E-state index in [0.717, 1.165) is 22.0 Å². The zero-order valence-electron chi connectivity index (χ0n) is 13.0. The van der Waals surface area contributed by atoms with Crippen molar-refractivity contribution in [3.63, 3.8) is 0 Å². The normalized spacial score (nSPS) is 10.9. The molecule has 0 atom stereocenters. The molecule has 124 valence electrons. The van der Waals surface area contributed by atoms with Crippen molar-refractivity contribution in [1.82, 2.24) is 20.7 Å². The Labute approximate surface area is 147 Å². The lowest BCUT2D eigenvalue weighted by atomic mass is 10.1. The molecule has 0 aliphatic heterocycles. The fourth-order valence-corrected chi connectivity index (χ4v) is 2.75. The first-order valence-corrected chi connectivity index (χ1v) is 8.00. The van der Waals surface area contributed by atoms with Gasteiger partial charge < -0.3 is 9.84 Å². The number of hydrogen-bond donors (Lipinski definition) is 2. The Morgan fingerprint density at radius 1 is 1.20 bits per heavy atom. The van der Waals surface area contributed by atoms with Gasteiger partial charge in [-0.05, 0) is 35.9 Å². The lowest BCUT2D eigenvalue weighted by molar-refractivity contribution is 0.0942. The number of H-pyrrole nitrogens is 1. The maximum atomic E-state index is 12.2. The van der Waals surface area contributed by atoms with Gasteiger partial charge in [0, 0.05) is 28.6 Å². The first kappa shape index (κ1) is 15.4. The Morgan fingerprint density at radius 2 is 2.12 bits per heavy atom. The van der Waals surface area contributed by atoms with Crippen LogP contribution in [0.1, 0.15) is 16.1 Å². The van der Waals surface area contributed by atoms with E-state index in [1.165, 1.54) is 0 Å². The van der Waals surface area contributed by atoms with E-state index in [2.05, 4.69) is 20.7 Å². The highest BCUT2D eigenvalue weighted by Gasteiger charge is 2.14. The molecule has 1 amide bonds. The van der Waals surface area contributed by atoms with Gasteiger partial charge >= 0.3 is 0 Å². The van der Waals surface area contributed by atoms with Gasteiger partial charge in [0.2, 0.25) is 0 Å². The van der Waals surface area contributed by atoms with Crippen molar-refractivity contribution in [2.45, 2.75) is 6.54 Å². The number of carbonyl (C=O) groups excluding carboxylic acids is 1. The number of aromatic amines is 1. The molecule has 0 aliphatic rings. The van der Waals surface area contributed by atoms with Gasteiger partial charge in [-0.2, -0.15) is 5.10 Å². The van der Waals surface area contributed by atoms with Crippen molar-refractivity contribution in [3.8, 4) is 11.3 Å². The van der Waals surface area contributed by atoms with E-state index in [0.29, 0.717) is 17.3 Å². The van der Waals surface area contributed by atoms with E-state index in [9.17, 15) is 4.79 Å². The van der Waals surface area contributed by atoms with Crippen LogP contribution in [0.3, 0.4) is 0 Å². The highest BCUT2D eigenvalue weighted by atomic mass is 35.5. The smallest absolute Gasteiger partial charge is 0.273 e. The van der Waals surface area contributed by atoms with Crippen LogP contribution in [0.2, 0.25) is 5.02 Å². The minimum Gasteiger partial charge on any atom is -0.355 e. The number of hydrogen-bond acceptors (Lipinski definition) is 4.